The number of sulfonamides is 1. The molecule has 6 nitrogen and oxygen atoms in total. The molecule has 130 valence electrons. The smallest absolute Gasteiger partial charge is 0.248 e. The van der Waals surface area contributed by atoms with Crippen molar-refractivity contribution in [3.8, 4) is 0 Å². The first-order valence-electron chi connectivity index (χ1n) is 7.09. The topological polar surface area (TPSA) is 106 Å². The van der Waals surface area contributed by atoms with Gasteiger partial charge < -0.3 is 11.5 Å². The number of piperidine rings is 1. The monoisotopic (exact) mass is 425 g/mol. The number of rotatable bonds is 4. The summed E-state index contributed by atoms with van der Waals surface area (Å²) in [6.07, 6.45) is 1.76. The van der Waals surface area contributed by atoms with Crippen LogP contribution < -0.4 is 11.5 Å². The maximum atomic E-state index is 12.9. The van der Waals surface area contributed by atoms with Gasteiger partial charge in [0.05, 0.1) is 4.90 Å². The van der Waals surface area contributed by atoms with E-state index in [2.05, 4.69) is 15.9 Å². The number of carbonyl (C=O) groups excluding carboxylic acids is 1. The number of hydrogen-bond acceptors (Lipinski definition) is 4. The fraction of sp³-hybridized carbons (Fsp3) is 0.500. The van der Waals surface area contributed by atoms with Crippen LogP contribution in [0.5, 0.6) is 0 Å². The zero-order valence-electron chi connectivity index (χ0n) is 12.7. The van der Waals surface area contributed by atoms with E-state index < -0.39 is 15.9 Å². The summed E-state index contributed by atoms with van der Waals surface area (Å²) in [5, 5.41) is 0. The maximum absolute atomic E-state index is 12.9. The van der Waals surface area contributed by atoms with Crippen LogP contribution in [-0.4, -0.2) is 37.8 Å². The highest BCUT2D eigenvalue weighted by Gasteiger charge is 2.36. The van der Waals surface area contributed by atoms with Gasteiger partial charge in [-0.3, -0.25) is 4.79 Å². The van der Waals surface area contributed by atoms with Crippen LogP contribution in [0.3, 0.4) is 0 Å². The summed E-state index contributed by atoms with van der Waals surface area (Å²) in [4.78, 5) is 11.4. The summed E-state index contributed by atoms with van der Waals surface area (Å²) < 4.78 is 27.8. The average molecular weight is 427 g/mol. The highest BCUT2D eigenvalue weighted by molar-refractivity contribution is 9.10. The number of nitrogens with two attached hydrogens (primary N) is 2. The third kappa shape index (κ3) is 4.24. The van der Waals surface area contributed by atoms with Crippen LogP contribution in [0, 0.1) is 5.92 Å². The van der Waals surface area contributed by atoms with Gasteiger partial charge in [0.1, 0.15) is 0 Å². The van der Waals surface area contributed by atoms with Gasteiger partial charge in [0.2, 0.25) is 15.9 Å². The van der Waals surface area contributed by atoms with Crippen molar-refractivity contribution >= 4 is 44.3 Å². The van der Waals surface area contributed by atoms with E-state index >= 15 is 0 Å². The molecule has 1 saturated heterocycles. The van der Waals surface area contributed by atoms with E-state index in [1.54, 1.807) is 0 Å². The molecule has 0 saturated carbocycles. The molecule has 23 heavy (non-hydrogen) atoms. The van der Waals surface area contributed by atoms with Crippen LogP contribution in [0.4, 0.5) is 0 Å². The van der Waals surface area contributed by atoms with Gasteiger partial charge in [-0.2, -0.15) is 4.31 Å². The van der Waals surface area contributed by atoms with E-state index in [9.17, 15) is 13.2 Å². The minimum Gasteiger partial charge on any atom is -0.366 e. The Balaban J connectivity index is 0.00000264. The molecule has 0 radical (unpaired) electrons. The fourth-order valence-corrected chi connectivity index (χ4v) is 5.34. The molecule has 0 bridgehead atoms. The zero-order chi connectivity index (χ0) is 16.5. The van der Waals surface area contributed by atoms with Gasteiger partial charge in [0.25, 0.3) is 0 Å². The van der Waals surface area contributed by atoms with Crippen molar-refractivity contribution < 1.29 is 13.2 Å². The average Bonchev–Trinajstić information content (AvgIpc) is 2.46. The number of primary amides is 1. The van der Waals surface area contributed by atoms with Gasteiger partial charge in [0, 0.05) is 29.2 Å². The predicted octanol–water partition coefficient (Wildman–Crippen LogP) is 1.72. The Bertz CT molecular complexity index is 684. The van der Waals surface area contributed by atoms with Crippen molar-refractivity contribution in [2.45, 2.75) is 30.7 Å². The van der Waals surface area contributed by atoms with Gasteiger partial charge >= 0.3 is 0 Å². The summed E-state index contributed by atoms with van der Waals surface area (Å²) in [5.74, 6) is -0.462. The Kier molecular flexibility index (Phi) is 7.03. The van der Waals surface area contributed by atoms with Crippen LogP contribution in [0.1, 0.15) is 30.1 Å². The van der Waals surface area contributed by atoms with Crippen molar-refractivity contribution in [1.29, 1.82) is 0 Å². The van der Waals surface area contributed by atoms with Crippen LogP contribution in [-0.2, 0) is 10.0 Å². The Morgan fingerprint density at radius 3 is 2.61 bits per heavy atom. The Hall–Kier alpha value is -0.670. The molecule has 1 aliphatic heterocycles. The summed E-state index contributed by atoms with van der Waals surface area (Å²) >= 11 is 3.23. The number of carbonyl (C=O) groups is 1. The summed E-state index contributed by atoms with van der Waals surface area (Å²) in [7, 11) is -3.72. The highest BCUT2D eigenvalue weighted by atomic mass is 79.9. The number of benzene rings is 1. The Labute approximate surface area is 151 Å². The number of halogens is 2. The van der Waals surface area contributed by atoms with E-state index in [1.165, 1.54) is 22.5 Å². The second-order valence-electron chi connectivity index (χ2n) is 5.58. The lowest BCUT2D eigenvalue weighted by Gasteiger charge is -2.38. The molecule has 1 amide bonds. The Morgan fingerprint density at radius 1 is 1.39 bits per heavy atom. The molecule has 1 heterocycles. The standard InChI is InChI=1S/C14H20BrN3O3S.ClH/c1-9-3-2-4-18(13(9)8-16)22(20,21)12-6-10(14(17)19)5-11(15)7-12;/h5-7,9,13H,2-4,8,16H2,1H3,(H2,17,19);1H. The van der Waals surface area contributed by atoms with E-state index in [0.717, 1.165) is 12.8 Å². The molecule has 9 heteroatoms. The molecule has 1 aromatic carbocycles. The zero-order valence-corrected chi connectivity index (χ0v) is 16.0. The Morgan fingerprint density at radius 2 is 2.04 bits per heavy atom. The van der Waals surface area contributed by atoms with Gasteiger partial charge in [-0.25, -0.2) is 8.42 Å². The predicted molar refractivity (Wildman–Crippen MR) is 95.0 cm³/mol. The van der Waals surface area contributed by atoms with Crippen LogP contribution in [0.2, 0.25) is 0 Å². The van der Waals surface area contributed by atoms with Crippen molar-refractivity contribution in [2.24, 2.45) is 17.4 Å². The van der Waals surface area contributed by atoms with E-state index in [0.29, 0.717) is 11.0 Å². The van der Waals surface area contributed by atoms with Crippen molar-refractivity contribution in [1.82, 2.24) is 4.31 Å². The lowest BCUT2D eigenvalue weighted by molar-refractivity contribution is 0.1000. The molecule has 1 aromatic rings. The molecule has 2 atom stereocenters. The third-order valence-corrected chi connectivity index (χ3v) is 6.43. The lowest BCUT2D eigenvalue weighted by atomic mass is 9.93. The number of nitrogens with zero attached hydrogens (tertiary/aromatic N) is 1. The molecular weight excluding hydrogens is 406 g/mol. The summed E-state index contributed by atoms with van der Waals surface area (Å²) in [6, 6.07) is 4.07. The number of hydrogen-bond donors (Lipinski definition) is 2. The second-order valence-corrected chi connectivity index (χ2v) is 8.38. The minimum atomic E-state index is -3.72. The lowest BCUT2D eigenvalue weighted by Crippen LogP contribution is -2.51. The number of amides is 1. The van der Waals surface area contributed by atoms with Crippen molar-refractivity contribution in [2.75, 3.05) is 13.1 Å². The van der Waals surface area contributed by atoms with Gasteiger partial charge in [-0.05, 0) is 37.0 Å². The van der Waals surface area contributed by atoms with Gasteiger partial charge in [-0.1, -0.05) is 22.9 Å². The molecule has 0 aliphatic carbocycles. The molecule has 2 rings (SSSR count). The molecular formula is C14H21BrClN3O3S. The summed E-state index contributed by atoms with van der Waals surface area (Å²) in [6.45, 7) is 2.72. The molecule has 4 N–H and O–H groups in total. The highest BCUT2D eigenvalue weighted by Crippen LogP contribution is 2.30. The quantitative estimate of drug-likeness (QED) is 0.764. The first-order valence-corrected chi connectivity index (χ1v) is 9.33. The van der Waals surface area contributed by atoms with Crippen molar-refractivity contribution in [3.05, 3.63) is 28.2 Å². The molecule has 1 fully saturated rings. The van der Waals surface area contributed by atoms with Crippen molar-refractivity contribution in [3.63, 3.8) is 0 Å². The van der Waals surface area contributed by atoms with E-state index in [-0.39, 0.29) is 41.4 Å². The maximum Gasteiger partial charge on any atom is 0.248 e. The largest absolute Gasteiger partial charge is 0.366 e. The van der Waals surface area contributed by atoms with Gasteiger partial charge in [0.15, 0.2) is 0 Å². The van der Waals surface area contributed by atoms with Gasteiger partial charge in [-0.15, -0.1) is 12.4 Å². The molecule has 1 aliphatic rings. The first kappa shape index (κ1) is 20.4. The second kappa shape index (κ2) is 7.94. The SMILES string of the molecule is CC1CCCN(S(=O)(=O)c2cc(Br)cc(C(N)=O)c2)C1CN.Cl. The van der Waals surface area contributed by atoms with Crippen LogP contribution in [0.15, 0.2) is 27.6 Å². The fourth-order valence-electron chi connectivity index (χ4n) is 2.85. The summed E-state index contributed by atoms with van der Waals surface area (Å²) in [5.41, 5.74) is 11.2. The molecule has 2 unspecified atom stereocenters. The third-order valence-electron chi connectivity index (χ3n) is 4.07. The van der Waals surface area contributed by atoms with Crippen LogP contribution in [0.25, 0.3) is 0 Å². The minimum absolute atomic E-state index is 0. The van der Waals surface area contributed by atoms with Crippen LogP contribution >= 0.6 is 28.3 Å². The molecule has 0 aromatic heterocycles. The molecule has 0 spiro atoms. The normalized spacial score (nSPS) is 22.4. The first-order chi connectivity index (χ1) is 10.3. The van der Waals surface area contributed by atoms with E-state index in [1.807, 2.05) is 6.92 Å². The van der Waals surface area contributed by atoms with E-state index in [4.69, 9.17) is 11.5 Å².